The van der Waals surface area contributed by atoms with Gasteiger partial charge in [0.1, 0.15) is 17.5 Å². The van der Waals surface area contributed by atoms with E-state index < -0.39 is 30.1 Å². The first-order valence-electron chi connectivity index (χ1n) is 49.6. The van der Waals surface area contributed by atoms with Crippen LogP contribution in [0.5, 0.6) is 0 Å². The molecule has 23 rings (SSSR count). The molecule has 7 saturated heterocycles. The van der Waals surface area contributed by atoms with Gasteiger partial charge in [0, 0.05) is 182 Å². The largest absolute Gasteiger partial charge is 0.378 e. The number of hydrogen-bond acceptors (Lipinski definition) is 23. The van der Waals surface area contributed by atoms with Crippen LogP contribution >= 0.6 is 34.8 Å². The van der Waals surface area contributed by atoms with Crippen LogP contribution in [0.2, 0.25) is 15.1 Å². The van der Waals surface area contributed by atoms with Gasteiger partial charge < -0.3 is 44.4 Å². The van der Waals surface area contributed by atoms with E-state index in [4.69, 9.17) is 79.9 Å². The Bertz CT molecular complexity index is 7070. The number of morpholine rings is 1. The maximum absolute atomic E-state index is 13.9. The molecule has 7 aliphatic heterocycles. The number of fused-ring (bicyclic) bond motifs is 4. The van der Waals surface area contributed by atoms with Crippen molar-refractivity contribution in [2.45, 2.75) is 210 Å². The Hall–Kier alpha value is -11.8. The average molecular weight is 2050 g/mol. The summed E-state index contributed by atoms with van der Waals surface area (Å²) in [6, 6.07) is 35.3. The number of nitrogens with zero attached hydrogens (tertiary/aromatic N) is 19. The van der Waals surface area contributed by atoms with Crippen molar-refractivity contribution in [2.75, 3.05) is 132 Å². The zero-order valence-corrected chi connectivity index (χ0v) is 85.2. The maximum Gasteiger partial charge on any atom is 0.256 e. The van der Waals surface area contributed by atoms with Gasteiger partial charge in [-0.3, -0.25) is 38.1 Å². The highest BCUT2D eigenvalue weighted by Crippen LogP contribution is 2.48. The Kier molecular flexibility index (Phi) is 27.8. The van der Waals surface area contributed by atoms with Crippen LogP contribution in [0.4, 0.5) is 40.2 Å². The summed E-state index contributed by atoms with van der Waals surface area (Å²) in [5.41, 5.74) is 15.5. The first-order chi connectivity index (χ1) is 68.2. The highest BCUT2D eigenvalue weighted by Gasteiger charge is 2.41. The molecule has 35 nitrogen and oxygen atoms in total. The summed E-state index contributed by atoms with van der Waals surface area (Å²) in [5, 5.41) is 23.7. The standard InChI is InChI=1S/C26H31ClN6O4S.C26H32N6O3S.C25H29ClN6O3S.C24H26ClN5O2/c1-38(35,36)30-20-8-7-18(27)14-19(20)26(34)32-9-3-2-4-23(32)22-15-24-28-21(17-5-6-17)16-25(33(24)29-22)31-10-12-37-13-11-31;1-17-7-10-20(29-36(2,34)35)19(14-17)26(33)31-13-4-3-6-23(31)22-15-24-27-21(18-8-9-18)16-25(32(24)28-22)30-11-5-12-30;1-36(34,35)29-19-9-8-17(26)13-18(19)25(33)31-12-3-2-5-22(31)21-14-23-27-20(16-6-7-16)15-24(32(23)28-21)30-10-4-11-30;1-14-11-20(16-6-7-16)27-23-13-21(28-30(14)23)22-5-3-4-10-29(22)24(32)18-12-17(25)8-9-19(18)26-15(2)31/h7-8,14-17,23,30H,2-6,9-13H2,1H3;7,10,14-16,18,23,29H,3-6,8-9,11-13H2,1-2H3;8-9,13-16,22,29H,2-7,10-12H2,1H3;8-9,11-13,16,22H,3-7,10H2,1-2H3,(H,26,31)/t2*23-;2*22-/m0000/s1. The molecule has 142 heavy (non-hydrogen) atoms. The van der Waals surface area contributed by atoms with Crippen molar-refractivity contribution in [3.63, 3.8) is 0 Å². The van der Waals surface area contributed by atoms with Crippen LogP contribution in [0.1, 0.15) is 294 Å². The summed E-state index contributed by atoms with van der Waals surface area (Å²) in [4.78, 5) is 101. The number of anilines is 7. The molecule has 0 unspecified atom stereocenters. The third kappa shape index (κ3) is 22.0. The molecule has 748 valence electrons. The van der Waals surface area contributed by atoms with Crippen LogP contribution < -0.4 is 34.2 Å². The van der Waals surface area contributed by atoms with E-state index in [1.807, 2.05) is 66.0 Å². The summed E-state index contributed by atoms with van der Waals surface area (Å²) in [5.74, 6) is 4.21. The van der Waals surface area contributed by atoms with Gasteiger partial charge in [-0.2, -0.15) is 33.9 Å². The third-order valence-corrected chi connectivity index (χ3v) is 30.8. The molecule has 4 aliphatic carbocycles. The van der Waals surface area contributed by atoms with Gasteiger partial charge >= 0.3 is 0 Å². The molecule has 4 saturated carbocycles. The van der Waals surface area contributed by atoms with Crippen LogP contribution in [0.3, 0.4) is 0 Å². The van der Waals surface area contributed by atoms with Crippen LogP contribution in [-0.4, -0.2) is 230 Å². The number of aryl methyl sites for hydroxylation is 2. The van der Waals surface area contributed by atoms with Gasteiger partial charge in [-0.15, -0.1) is 0 Å². The molecule has 5 amide bonds. The fourth-order valence-corrected chi connectivity index (χ4v) is 22.6. The van der Waals surface area contributed by atoms with Crippen molar-refractivity contribution in [1.29, 1.82) is 0 Å². The lowest BCUT2D eigenvalue weighted by Crippen LogP contribution is -2.39. The predicted octanol–water partition coefficient (Wildman–Crippen LogP) is 16.8. The Labute approximate surface area is 840 Å². The van der Waals surface area contributed by atoms with Crippen LogP contribution in [0, 0.1) is 13.8 Å². The minimum atomic E-state index is -3.58. The fourth-order valence-electron chi connectivity index (χ4n) is 20.3. The van der Waals surface area contributed by atoms with Crippen molar-refractivity contribution in [2.24, 2.45) is 0 Å². The molecule has 11 aliphatic rings. The Morgan fingerprint density at radius 2 is 0.613 bits per heavy atom. The molecule has 0 radical (unpaired) electrons. The predicted molar refractivity (Wildman–Crippen MR) is 547 cm³/mol. The number of ether oxygens (including phenoxy) is 1. The molecule has 12 aromatic rings. The topological polar surface area (TPSA) is 389 Å². The van der Waals surface area contributed by atoms with Crippen molar-refractivity contribution in [3.05, 3.63) is 215 Å². The molecule has 15 heterocycles. The zero-order valence-electron chi connectivity index (χ0n) is 80.5. The molecule has 4 N–H and O–H groups in total. The smallest absolute Gasteiger partial charge is 0.256 e. The van der Waals surface area contributed by atoms with Crippen LogP contribution in [0.15, 0.2) is 121 Å². The minimum Gasteiger partial charge on any atom is -0.378 e. The lowest BCUT2D eigenvalue weighted by Gasteiger charge is -2.35. The average Bonchev–Trinajstić information content (AvgIpc) is 1.61. The first kappa shape index (κ1) is 97.6. The molecule has 8 aromatic heterocycles. The van der Waals surface area contributed by atoms with E-state index in [0.717, 1.165) is 245 Å². The molecule has 11 fully saturated rings. The van der Waals surface area contributed by atoms with Crippen LogP contribution in [0.25, 0.3) is 22.6 Å². The van der Waals surface area contributed by atoms with Crippen LogP contribution in [-0.2, 0) is 39.6 Å². The van der Waals surface area contributed by atoms with Crippen molar-refractivity contribution < 1.29 is 54.0 Å². The number of benzene rings is 4. The number of nitrogens with one attached hydrogen (secondary N) is 4. The molecular weight excluding hydrogens is 1930 g/mol. The number of amides is 5. The number of aromatic nitrogens is 12. The van der Waals surface area contributed by atoms with Gasteiger partial charge in [-0.1, -0.05) is 46.4 Å². The van der Waals surface area contributed by atoms with Gasteiger partial charge in [0.05, 0.1) is 124 Å². The molecule has 41 heteroatoms. The number of sulfonamides is 3. The molecular formula is C101H118Cl3N23O12S3. The van der Waals surface area contributed by atoms with Gasteiger partial charge in [0.25, 0.3) is 23.6 Å². The molecule has 0 spiro atoms. The minimum absolute atomic E-state index is 0.147. The molecule has 0 bridgehead atoms. The van der Waals surface area contributed by atoms with Gasteiger partial charge in [0.2, 0.25) is 36.0 Å². The van der Waals surface area contributed by atoms with Gasteiger partial charge in [-0.05, 0) is 228 Å². The van der Waals surface area contributed by atoms with Crippen molar-refractivity contribution in [1.82, 2.24) is 78.0 Å². The quantitative estimate of drug-likeness (QED) is 0.0489. The van der Waals surface area contributed by atoms with E-state index in [0.29, 0.717) is 101 Å². The third-order valence-electron chi connectivity index (χ3n) is 28.3. The fraction of sp³-hybridized carbons (Fsp3) is 0.475. The number of carbonyl (C=O) groups is 5. The first-order valence-corrected chi connectivity index (χ1v) is 56.4. The maximum atomic E-state index is 13.9. The summed E-state index contributed by atoms with van der Waals surface area (Å²) < 4.78 is 92.4. The SMILES string of the molecule is CC(=O)Nc1ccc(Cl)cc1C(=O)N1CCCC[C@H]1c1cc2nc(C3CC3)cc(C)n2n1.CS(=O)(=O)Nc1ccc(Cl)cc1C(=O)N1CCCC[C@H]1c1cc2nc(C3CC3)cc(N3CCC3)n2n1.CS(=O)(=O)Nc1ccc(Cl)cc1C(=O)N1CCCC[C@H]1c1cc2nc(C3CC3)cc(N3CCOCC3)n2n1.Cc1ccc(NS(C)(=O)=O)c(C(=O)N2CCCC[C@H]2c2cc3nc(C4CC4)cc(N4CCC4)n3n2)c1. The second-order valence-electron chi connectivity index (χ2n) is 39.6. The van der Waals surface area contributed by atoms with Crippen molar-refractivity contribution in [3.8, 4) is 0 Å². The monoisotopic (exact) mass is 2050 g/mol. The van der Waals surface area contributed by atoms with Crippen molar-refractivity contribution >= 4 is 157 Å². The molecule has 4 aromatic carbocycles. The lowest BCUT2D eigenvalue weighted by molar-refractivity contribution is -0.114. The van der Waals surface area contributed by atoms with E-state index >= 15 is 0 Å². The van der Waals surface area contributed by atoms with E-state index in [2.05, 4.69) is 58.4 Å². The van der Waals surface area contributed by atoms with E-state index in [1.165, 1.54) is 82.6 Å². The summed E-state index contributed by atoms with van der Waals surface area (Å²) in [7, 11) is -10.7. The van der Waals surface area contributed by atoms with Gasteiger partial charge in [-0.25, -0.2) is 49.7 Å². The van der Waals surface area contributed by atoms with E-state index in [-0.39, 0.29) is 76.2 Å². The van der Waals surface area contributed by atoms with E-state index in [9.17, 15) is 49.2 Å². The number of carbonyl (C=O) groups excluding carboxylic acids is 5. The number of piperidine rings is 4. The normalized spacial score (nSPS) is 20.1. The second kappa shape index (κ2) is 40.4. The van der Waals surface area contributed by atoms with Gasteiger partial charge in [0.15, 0.2) is 22.6 Å². The summed E-state index contributed by atoms with van der Waals surface area (Å²) >= 11 is 18.6. The highest BCUT2D eigenvalue weighted by atomic mass is 35.5. The number of rotatable bonds is 22. The summed E-state index contributed by atoms with van der Waals surface area (Å²) in [6.07, 6.45) is 25.7. The number of hydrogen-bond donors (Lipinski definition) is 4. The number of halogens is 3. The Morgan fingerprint density at radius 3 is 0.923 bits per heavy atom. The number of likely N-dealkylation sites (tertiary alicyclic amines) is 4. The lowest BCUT2D eigenvalue weighted by atomic mass is 9.97. The molecule has 4 atom stereocenters. The highest BCUT2D eigenvalue weighted by molar-refractivity contribution is 7.92. The Morgan fingerprint density at radius 1 is 0.324 bits per heavy atom. The zero-order chi connectivity index (χ0) is 98.9. The summed E-state index contributed by atoms with van der Waals surface area (Å²) in [6.45, 7) is 14.7. The Balaban J connectivity index is 0.000000116. The van der Waals surface area contributed by atoms with E-state index in [1.54, 1.807) is 58.3 Å². The second-order valence-corrected chi connectivity index (χ2v) is 46.2.